The Morgan fingerprint density at radius 1 is 0.308 bits per heavy atom. The van der Waals surface area contributed by atoms with E-state index in [-0.39, 0.29) is 0 Å². The van der Waals surface area contributed by atoms with Gasteiger partial charge in [0.25, 0.3) is 0 Å². The molecule has 0 N–H and O–H groups in total. The van der Waals surface area contributed by atoms with Gasteiger partial charge in [0.2, 0.25) is 0 Å². The molecule has 4 aromatic heterocycles. The van der Waals surface area contributed by atoms with Gasteiger partial charge >= 0.3 is 0 Å². The molecule has 13 rings (SSSR count). The van der Waals surface area contributed by atoms with Crippen LogP contribution in [-0.4, -0.2) is 24.1 Å². The van der Waals surface area contributed by atoms with Gasteiger partial charge in [0.15, 0.2) is 5.82 Å². The van der Waals surface area contributed by atoms with Crippen molar-refractivity contribution in [3.8, 4) is 67.8 Å². The van der Waals surface area contributed by atoms with Crippen molar-refractivity contribution in [2.24, 2.45) is 0 Å². The fourth-order valence-electron chi connectivity index (χ4n) is 9.42. The van der Waals surface area contributed by atoms with Gasteiger partial charge in [0.05, 0.1) is 33.5 Å². The molecule has 0 aliphatic rings. The first kappa shape index (κ1) is 37.1. The lowest BCUT2D eigenvalue weighted by Crippen LogP contribution is -1.98. The Kier molecular flexibility index (Phi) is 8.64. The largest absolute Gasteiger partial charge is 0.309 e. The molecule has 0 radical (unpaired) electrons. The maximum Gasteiger partial charge on any atom is 0.160 e. The number of imidazole rings is 1. The molecule has 0 spiro atoms. The highest BCUT2D eigenvalue weighted by molar-refractivity contribution is 7.25. The van der Waals surface area contributed by atoms with Gasteiger partial charge in [-0.15, -0.1) is 11.3 Å². The highest BCUT2D eigenvalue weighted by Gasteiger charge is 2.17. The zero-order valence-corrected chi connectivity index (χ0v) is 35.8. The summed E-state index contributed by atoms with van der Waals surface area (Å²) in [4.78, 5) is 15.6. The van der Waals surface area contributed by atoms with Crippen LogP contribution < -0.4 is 0 Å². The lowest BCUT2D eigenvalue weighted by Gasteiger charge is -2.12. The molecule has 9 aromatic carbocycles. The fourth-order valence-corrected chi connectivity index (χ4v) is 10.5. The van der Waals surface area contributed by atoms with E-state index < -0.39 is 0 Å². The molecule has 0 saturated carbocycles. The third-order valence-corrected chi connectivity index (χ3v) is 13.7. The van der Waals surface area contributed by atoms with Gasteiger partial charge < -0.3 is 4.57 Å². The van der Waals surface area contributed by atoms with Crippen LogP contribution in [0.4, 0.5) is 0 Å². The maximum absolute atomic E-state index is 5.27. The topological polar surface area (TPSA) is 48.5 Å². The zero-order valence-electron chi connectivity index (χ0n) is 35.0. The average molecular weight is 848 g/mol. The van der Waals surface area contributed by atoms with E-state index in [4.69, 9.17) is 15.0 Å². The van der Waals surface area contributed by atoms with Gasteiger partial charge in [0, 0.05) is 64.6 Å². The van der Waals surface area contributed by atoms with E-state index in [1.54, 1.807) is 0 Å². The molecule has 5 nitrogen and oxygen atoms in total. The van der Waals surface area contributed by atoms with Crippen LogP contribution in [0.5, 0.6) is 0 Å². The van der Waals surface area contributed by atoms with Crippen molar-refractivity contribution in [1.82, 2.24) is 24.1 Å². The molecule has 304 valence electrons. The SMILES string of the molecule is c1ccc(-n2c(-c3ccc(-c4nc(-c5ccc(-c6ccc7sc8ccccc8c7c6)cc5)cc(-c5ccc(-n6c7ccccc7c7ccccc76)cc5)n4)cc3)nc3ccccc32)cc1. The average Bonchev–Trinajstić information content (AvgIpc) is 4.06. The van der Waals surface area contributed by atoms with Gasteiger partial charge in [-0.3, -0.25) is 4.57 Å². The van der Waals surface area contributed by atoms with E-state index >= 15 is 0 Å². The third kappa shape index (κ3) is 6.34. The van der Waals surface area contributed by atoms with Crippen LogP contribution in [-0.2, 0) is 0 Å². The smallest absolute Gasteiger partial charge is 0.160 e. The van der Waals surface area contributed by atoms with Crippen LogP contribution in [0.2, 0.25) is 0 Å². The monoisotopic (exact) mass is 847 g/mol. The molecule has 0 saturated heterocycles. The molecular weight excluding hydrogens is 811 g/mol. The van der Waals surface area contributed by atoms with E-state index in [0.717, 1.165) is 67.4 Å². The highest BCUT2D eigenvalue weighted by Crippen LogP contribution is 2.38. The van der Waals surface area contributed by atoms with E-state index in [2.05, 4.69) is 221 Å². The molecule has 0 bridgehead atoms. The first-order valence-corrected chi connectivity index (χ1v) is 22.7. The van der Waals surface area contributed by atoms with Crippen LogP contribution in [0.15, 0.2) is 224 Å². The normalized spacial score (nSPS) is 11.7. The second kappa shape index (κ2) is 15.1. The summed E-state index contributed by atoms with van der Waals surface area (Å²) in [5, 5.41) is 5.09. The van der Waals surface area contributed by atoms with Crippen molar-refractivity contribution < 1.29 is 0 Å². The summed E-state index contributed by atoms with van der Waals surface area (Å²) in [6.45, 7) is 0. The van der Waals surface area contributed by atoms with Crippen molar-refractivity contribution in [1.29, 1.82) is 0 Å². The lowest BCUT2D eigenvalue weighted by atomic mass is 10.00. The number of rotatable bonds is 7. The van der Waals surface area contributed by atoms with Crippen LogP contribution in [0, 0.1) is 0 Å². The number of nitrogens with zero attached hydrogens (tertiary/aromatic N) is 5. The van der Waals surface area contributed by atoms with Gasteiger partial charge in [0.1, 0.15) is 5.82 Å². The predicted molar refractivity (Wildman–Crippen MR) is 271 cm³/mol. The Bertz CT molecular complexity index is 3860. The minimum absolute atomic E-state index is 0.658. The zero-order chi connectivity index (χ0) is 42.8. The first-order valence-electron chi connectivity index (χ1n) is 21.8. The second-order valence-corrected chi connectivity index (χ2v) is 17.5. The lowest BCUT2D eigenvalue weighted by molar-refractivity contribution is 1.10. The van der Waals surface area contributed by atoms with Crippen LogP contribution >= 0.6 is 11.3 Å². The molecule has 0 aliphatic carbocycles. The number of thiophene rings is 1. The Hall–Kier alpha value is -8.45. The third-order valence-electron chi connectivity index (χ3n) is 12.6. The van der Waals surface area contributed by atoms with Gasteiger partial charge in [-0.05, 0) is 83.9 Å². The van der Waals surface area contributed by atoms with Crippen molar-refractivity contribution in [3.05, 3.63) is 224 Å². The van der Waals surface area contributed by atoms with E-state index in [0.29, 0.717) is 5.82 Å². The molecule has 0 fully saturated rings. The minimum Gasteiger partial charge on any atom is -0.309 e. The molecule has 0 amide bonds. The van der Waals surface area contributed by atoms with Crippen LogP contribution in [0.3, 0.4) is 0 Å². The number of para-hydroxylation sites is 5. The minimum atomic E-state index is 0.658. The Morgan fingerprint density at radius 2 is 0.815 bits per heavy atom. The quantitative estimate of drug-likeness (QED) is 0.161. The molecule has 0 unspecified atom stereocenters. The van der Waals surface area contributed by atoms with Gasteiger partial charge in [-0.25, -0.2) is 15.0 Å². The number of fused-ring (bicyclic) bond motifs is 7. The summed E-state index contributed by atoms with van der Waals surface area (Å²) in [6.07, 6.45) is 0. The molecule has 4 heterocycles. The Balaban J connectivity index is 0.906. The Morgan fingerprint density at radius 3 is 1.52 bits per heavy atom. The van der Waals surface area contributed by atoms with E-state index in [1.165, 1.54) is 47.5 Å². The summed E-state index contributed by atoms with van der Waals surface area (Å²) in [5.41, 5.74) is 14.6. The van der Waals surface area contributed by atoms with Crippen molar-refractivity contribution >= 4 is 64.3 Å². The van der Waals surface area contributed by atoms with Gasteiger partial charge in [-0.1, -0.05) is 152 Å². The standard InChI is InChI=1S/C59H37N5S/c1-2-12-44(13-3-1)64-55-20-10-7-17-50(55)62-59(64)42-28-26-41(27-29-42)58-60-51(39-24-22-38(23-25-39)43-32-35-57-49(36-43)48-16-6-11-21-56(48)65-57)37-52(61-58)40-30-33-45(34-31-40)63-53-18-8-4-14-46(53)47-15-5-9-19-54(47)63/h1-37H. The first-order chi connectivity index (χ1) is 32.2. The summed E-state index contributed by atoms with van der Waals surface area (Å²) in [5.74, 6) is 1.54. The van der Waals surface area contributed by atoms with Crippen LogP contribution in [0.25, 0.3) is 121 Å². The molecule has 65 heavy (non-hydrogen) atoms. The molecule has 0 aliphatic heterocycles. The number of aromatic nitrogens is 5. The molecule has 13 aromatic rings. The number of hydrogen-bond acceptors (Lipinski definition) is 4. The van der Waals surface area contributed by atoms with Crippen molar-refractivity contribution in [2.45, 2.75) is 0 Å². The van der Waals surface area contributed by atoms with Crippen molar-refractivity contribution in [2.75, 3.05) is 0 Å². The number of benzene rings is 9. The summed E-state index contributed by atoms with van der Waals surface area (Å²) < 4.78 is 7.19. The second-order valence-electron chi connectivity index (χ2n) is 16.4. The number of hydrogen-bond donors (Lipinski definition) is 0. The van der Waals surface area contributed by atoms with E-state index in [9.17, 15) is 0 Å². The predicted octanol–water partition coefficient (Wildman–Crippen LogP) is 15.6. The highest BCUT2D eigenvalue weighted by atomic mass is 32.1. The van der Waals surface area contributed by atoms with Crippen LogP contribution in [0.1, 0.15) is 0 Å². The summed E-state index contributed by atoms with van der Waals surface area (Å²) in [7, 11) is 0. The summed E-state index contributed by atoms with van der Waals surface area (Å²) >= 11 is 1.84. The van der Waals surface area contributed by atoms with Gasteiger partial charge in [-0.2, -0.15) is 0 Å². The fraction of sp³-hybridized carbons (Fsp3) is 0. The molecular formula is C59H37N5S. The molecule has 0 atom stereocenters. The Labute approximate surface area is 378 Å². The molecule has 6 heteroatoms. The van der Waals surface area contributed by atoms with E-state index in [1.807, 2.05) is 23.5 Å². The van der Waals surface area contributed by atoms with Crippen molar-refractivity contribution in [3.63, 3.8) is 0 Å². The summed E-state index contributed by atoms with van der Waals surface area (Å²) in [6, 6.07) is 79.6. The maximum atomic E-state index is 5.27.